The van der Waals surface area contributed by atoms with E-state index in [4.69, 9.17) is 0 Å². The molecule has 1 amide bonds. The minimum Gasteiger partial charge on any atom is -0.507 e. The minimum atomic E-state index is -0.547. The third-order valence-corrected chi connectivity index (χ3v) is 2.04. The number of phenols is 1. The zero-order valence-corrected chi connectivity index (χ0v) is 9.09. The van der Waals surface area contributed by atoms with E-state index in [-0.39, 0.29) is 11.3 Å². The molecule has 1 aromatic rings. The number of rotatable bonds is 5. The number of carbonyl (C=O) groups is 1. The van der Waals surface area contributed by atoms with Gasteiger partial charge in [-0.3, -0.25) is 4.79 Å². The van der Waals surface area contributed by atoms with Gasteiger partial charge in [-0.1, -0.05) is 6.92 Å². The van der Waals surface area contributed by atoms with Crippen molar-refractivity contribution in [3.05, 3.63) is 29.6 Å². The third-order valence-electron chi connectivity index (χ3n) is 2.04. The predicted molar refractivity (Wildman–Crippen MR) is 58.9 cm³/mol. The Balaban J connectivity index is 2.55. The molecule has 0 atom stereocenters. The molecule has 0 aliphatic rings. The van der Waals surface area contributed by atoms with Crippen LogP contribution in [0.5, 0.6) is 5.75 Å². The van der Waals surface area contributed by atoms with Gasteiger partial charge in [0.15, 0.2) is 0 Å². The Kier molecular flexibility index (Phi) is 4.72. The van der Waals surface area contributed by atoms with Gasteiger partial charge in [0.25, 0.3) is 5.91 Å². The molecule has 3 N–H and O–H groups in total. The topological polar surface area (TPSA) is 61.4 Å². The van der Waals surface area contributed by atoms with Crippen molar-refractivity contribution in [3.63, 3.8) is 0 Å². The first-order chi connectivity index (χ1) is 7.65. The number of aromatic hydroxyl groups is 1. The van der Waals surface area contributed by atoms with Crippen LogP contribution in [0.3, 0.4) is 0 Å². The minimum absolute atomic E-state index is 0.0449. The lowest BCUT2D eigenvalue weighted by molar-refractivity contribution is 0.0951. The maximum absolute atomic E-state index is 12.8. The molecular formula is C11H15FN2O2. The van der Waals surface area contributed by atoms with Crippen LogP contribution in [0.25, 0.3) is 0 Å². The lowest BCUT2D eigenvalue weighted by Crippen LogP contribution is -2.31. The molecule has 1 aromatic carbocycles. The molecule has 0 saturated carbocycles. The molecule has 0 fully saturated rings. The number of benzene rings is 1. The average molecular weight is 226 g/mol. The van der Waals surface area contributed by atoms with Crippen LogP contribution >= 0.6 is 0 Å². The van der Waals surface area contributed by atoms with E-state index in [1.165, 1.54) is 0 Å². The molecule has 5 heteroatoms. The first-order valence-electron chi connectivity index (χ1n) is 5.12. The first kappa shape index (κ1) is 12.4. The SMILES string of the molecule is CCNCCNC(=O)c1cc(F)ccc1O. The largest absolute Gasteiger partial charge is 0.507 e. The van der Waals surface area contributed by atoms with Crippen LogP contribution < -0.4 is 10.6 Å². The van der Waals surface area contributed by atoms with E-state index in [0.717, 1.165) is 24.7 Å². The van der Waals surface area contributed by atoms with Crippen molar-refractivity contribution in [1.82, 2.24) is 10.6 Å². The maximum atomic E-state index is 12.8. The predicted octanol–water partition coefficient (Wildman–Crippen LogP) is 0.871. The van der Waals surface area contributed by atoms with Gasteiger partial charge >= 0.3 is 0 Å². The van der Waals surface area contributed by atoms with Gasteiger partial charge in [-0.15, -0.1) is 0 Å². The van der Waals surface area contributed by atoms with Crippen LogP contribution in [0.1, 0.15) is 17.3 Å². The fourth-order valence-electron chi connectivity index (χ4n) is 1.23. The zero-order chi connectivity index (χ0) is 12.0. The second-order valence-electron chi connectivity index (χ2n) is 3.27. The highest BCUT2D eigenvalue weighted by molar-refractivity contribution is 5.96. The molecular weight excluding hydrogens is 211 g/mol. The van der Waals surface area contributed by atoms with Crippen LogP contribution in [-0.2, 0) is 0 Å². The number of carbonyl (C=O) groups excluding carboxylic acids is 1. The highest BCUT2D eigenvalue weighted by Crippen LogP contribution is 2.17. The fraction of sp³-hybridized carbons (Fsp3) is 0.364. The van der Waals surface area contributed by atoms with E-state index in [2.05, 4.69) is 10.6 Å². The van der Waals surface area contributed by atoms with Crippen molar-refractivity contribution in [1.29, 1.82) is 0 Å². The Morgan fingerprint density at radius 2 is 2.19 bits per heavy atom. The smallest absolute Gasteiger partial charge is 0.255 e. The summed E-state index contributed by atoms with van der Waals surface area (Å²) in [5.74, 6) is -1.24. The lowest BCUT2D eigenvalue weighted by atomic mass is 10.2. The van der Waals surface area contributed by atoms with Crippen LogP contribution in [0.2, 0.25) is 0 Å². The normalized spacial score (nSPS) is 10.1. The Morgan fingerprint density at radius 3 is 2.88 bits per heavy atom. The van der Waals surface area contributed by atoms with Gasteiger partial charge in [0.05, 0.1) is 5.56 Å². The molecule has 0 saturated heterocycles. The van der Waals surface area contributed by atoms with Crippen molar-refractivity contribution < 1.29 is 14.3 Å². The Morgan fingerprint density at radius 1 is 1.44 bits per heavy atom. The zero-order valence-electron chi connectivity index (χ0n) is 9.09. The van der Waals surface area contributed by atoms with Crippen molar-refractivity contribution in [2.24, 2.45) is 0 Å². The van der Waals surface area contributed by atoms with Gasteiger partial charge in [-0.05, 0) is 24.7 Å². The van der Waals surface area contributed by atoms with Gasteiger partial charge in [0, 0.05) is 13.1 Å². The summed E-state index contributed by atoms with van der Waals surface area (Å²) in [5.41, 5.74) is -0.0449. The summed E-state index contributed by atoms with van der Waals surface area (Å²) >= 11 is 0. The highest BCUT2D eigenvalue weighted by Gasteiger charge is 2.11. The second-order valence-corrected chi connectivity index (χ2v) is 3.27. The first-order valence-corrected chi connectivity index (χ1v) is 5.12. The van der Waals surface area contributed by atoms with E-state index >= 15 is 0 Å². The van der Waals surface area contributed by atoms with Gasteiger partial charge in [-0.25, -0.2) is 4.39 Å². The molecule has 0 spiro atoms. The number of phenolic OH excluding ortho intramolecular Hbond substituents is 1. The van der Waals surface area contributed by atoms with Gasteiger partial charge in [0.1, 0.15) is 11.6 Å². The summed E-state index contributed by atoms with van der Waals surface area (Å²) in [5, 5.41) is 15.0. The maximum Gasteiger partial charge on any atom is 0.255 e. The van der Waals surface area contributed by atoms with Crippen LogP contribution in [0, 0.1) is 5.82 Å². The van der Waals surface area contributed by atoms with E-state index in [1.54, 1.807) is 0 Å². The van der Waals surface area contributed by atoms with E-state index < -0.39 is 11.7 Å². The van der Waals surface area contributed by atoms with Crippen molar-refractivity contribution in [2.75, 3.05) is 19.6 Å². The monoisotopic (exact) mass is 226 g/mol. The summed E-state index contributed by atoms with van der Waals surface area (Å²) in [6.07, 6.45) is 0. The molecule has 88 valence electrons. The van der Waals surface area contributed by atoms with Crippen molar-refractivity contribution >= 4 is 5.91 Å². The van der Waals surface area contributed by atoms with E-state index in [1.807, 2.05) is 6.92 Å². The Bertz CT molecular complexity index is 369. The molecule has 1 rings (SSSR count). The Labute approximate surface area is 93.5 Å². The van der Waals surface area contributed by atoms with Gasteiger partial charge in [-0.2, -0.15) is 0 Å². The molecule has 0 heterocycles. The number of halogens is 1. The molecule has 0 aromatic heterocycles. The standard InChI is InChI=1S/C11H15FN2O2/c1-2-13-5-6-14-11(16)9-7-8(12)3-4-10(9)15/h3-4,7,13,15H,2,5-6H2,1H3,(H,14,16). The summed E-state index contributed by atoms with van der Waals surface area (Å²) < 4.78 is 12.8. The van der Waals surface area contributed by atoms with Crippen molar-refractivity contribution in [3.8, 4) is 5.75 Å². The number of amides is 1. The van der Waals surface area contributed by atoms with E-state index in [0.29, 0.717) is 13.1 Å². The average Bonchev–Trinajstić information content (AvgIpc) is 2.27. The van der Waals surface area contributed by atoms with Gasteiger partial charge < -0.3 is 15.7 Å². The molecule has 16 heavy (non-hydrogen) atoms. The van der Waals surface area contributed by atoms with Crippen molar-refractivity contribution in [2.45, 2.75) is 6.92 Å². The molecule has 0 bridgehead atoms. The molecule has 0 aliphatic heterocycles. The number of likely N-dealkylation sites (N-methyl/N-ethyl adjacent to an activating group) is 1. The molecule has 4 nitrogen and oxygen atoms in total. The summed E-state index contributed by atoms with van der Waals surface area (Å²) in [6.45, 7) is 3.85. The number of hydrogen-bond donors (Lipinski definition) is 3. The molecule has 0 unspecified atom stereocenters. The summed E-state index contributed by atoms with van der Waals surface area (Å²) in [6, 6.07) is 3.28. The van der Waals surface area contributed by atoms with Crippen LogP contribution in [0.15, 0.2) is 18.2 Å². The highest BCUT2D eigenvalue weighted by atomic mass is 19.1. The lowest BCUT2D eigenvalue weighted by Gasteiger charge is -2.07. The summed E-state index contributed by atoms with van der Waals surface area (Å²) in [4.78, 5) is 11.5. The fourth-order valence-corrected chi connectivity index (χ4v) is 1.23. The van der Waals surface area contributed by atoms with Crippen LogP contribution in [-0.4, -0.2) is 30.6 Å². The quantitative estimate of drug-likeness (QED) is 0.653. The van der Waals surface area contributed by atoms with Gasteiger partial charge in [0.2, 0.25) is 0 Å². The number of nitrogens with one attached hydrogen (secondary N) is 2. The number of hydrogen-bond acceptors (Lipinski definition) is 3. The summed E-state index contributed by atoms with van der Waals surface area (Å²) in [7, 11) is 0. The Hall–Kier alpha value is -1.62. The molecule has 0 radical (unpaired) electrons. The second kappa shape index (κ2) is 6.07. The van der Waals surface area contributed by atoms with E-state index in [9.17, 15) is 14.3 Å². The molecule has 0 aliphatic carbocycles. The van der Waals surface area contributed by atoms with Crippen LogP contribution in [0.4, 0.5) is 4.39 Å². The third kappa shape index (κ3) is 3.51.